The molecule has 0 fully saturated rings. The first kappa shape index (κ1) is 11.3. The second-order valence-corrected chi connectivity index (χ2v) is 3.68. The molecule has 4 N–H and O–H groups in total. The highest BCUT2D eigenvalue weighted by atomic mass is 32.2. The number of hydrogen-bond acceptors (Lipinski definition) is 3. The first-order valence-electron chi connectivity index (χ1n) is 2.88. The number of benzene rings is 1. The number of nitrogen functional groups attached to an aromatic ring is 1. The van der Waals surface area contributed by atoms with Gasteiger partial charge in [-0.1, -0.05) is 0 Å². The fourth-order valence-corrected chi connectivity index (χ4v) is 1.17. The van der Waals surface area contributed by atoms with Crippen LogP contribution in [0.3, 0.4) is 0 Å². The molecule has 0 aliphatic rings. The molecule has 1 aromatic carbocycles. The van der Waals surface area contributed by atoms with Crippen LogP contribution in [0.25, 0.3) is 0 Å². The summed E-state index contributed by atoms with van der Waals surface area (Å²) in [5, 5.41) is 4.84. The highest BCUT2D eigenvalue weighted by Crippen LogP contribution is 2.08. The molecule has 4 nitrogen and oxygen atoms in total. The van der Waals surface area contributed by atoms with E-state index in [0.717, 1.165) is 0 Å². The maximum Gasteiger partial charge on any atom is 0.238 e. The lowest BCUT2D eigenvalue weighted by Crippen LogP contribution is -2.11. The lowest BCUT2D eigenvalue weighted by molar-refractivity contribution is 0.598. The van der Waals surface area contributed by atoms with Crippen molar-refractivity contribution in [2.75, 3.05) is 5.73 Å². The minimum absolute atomic E-state index is 0. The van der Waals surface area contributed by atoms with E-state index in [2.05, 4.69) is 0 Å². The lowest BCUT2D eigenvalue weighted by atomic mass is 10.3. The smallest absolute Gasteiger partial charge is 0.238 e. The molecule has 0 heterocycles. The average Bonchev–Trinajstić information content (AvgIpc) is 1.86. The Morgan fingerprint density at radius 1 is 1.08 bits per heavy atom. The van der Waals surface area contributed by atoms with Crippen LogP contribution in [-0.4, -0.2) is 8.42 Å². The third-order valence-corrected chi connectivity index (χ3v) is 2.14. The molecule has 0 spiro atoms. The standard InChI is InChI=1S/C6H8N2O2S.S/c7-5-1-3-6(4-2-5)11(8,9)10;/h1-4H,7H2,(H2,8,9,10);. The summed E-state index contributed by atoms with van der Waals surface area (Å²) in [7, 11) is -3.58. The summed E-state index contributed by atoms with van der Waals surface area (Å²) in [6, 6.07) is 5.70. The highest BCUT2D eigenvalue weighted by Gasteiger charge is 2.04. The first-order valence-corrected chi connectivity index (χ1v) is 4.43. The van der Waals surface area contributed by atoms with Gasteiger partial charge in [-0.3, -0.25) is 0 Å². The fraction of sp³-hybridized carbons (Fsp3) is 0. The van der Waals surface area contributed by atoms with Crippen molar-refractivity contribution in [1.82, 2.24) is 0 Å². The molecule has 0 unspecified atom stereocenters. The van der Waals surface area contributed by atoms with Crippen molar-refractivity contribution in [1.29, 1.82) is 0 Å². The summed E-state index contributed by atoms with van der Waals surface area (Å²) in [6.07, 6.45) is 0. The third-order valence-electron chi connectivity index (χ3n) is 1.21. The Hall–Kier alpha value is -0.720. The Labute approximate surface area is 78.1 Å². The van der Waals surface area contributed by atoms with Gasteiger partial charge in [0.25, 0.3) is 0 Å². The van der Waals surface area contributed by atoms with Gasteiger partial charge in [-0.2, -0.15) is 0 Å². The van der Waals surface area contributed by atoms with Crippen LogP contribution in [0.1, 0.15) is 0 Å². The van der Waals surface area contributed by atoms with E-state index in [-0.39, 0.29) is 18.4 Å². The monoisotopic (exact) mass is 204 g/mol. The van der Waals surface area contributed by atoms with Gasteiger partial charge in [0.1, 0.15) is 0 Å². The summed E-state index contributed by atoms with van der Waals surface area (Å²) in [5.74, 6) is 0. The Bertz CT molecular complexity index is 344. The third kappa shape index (κ3) is 2.72. The van der Waals surface area contributed by atoms with Crippen molar-refractivity contribution in [2.24, 2.45) is 5.14 Å². The number of primary sulfonamides is 1. The minimum atomic E-state index is -3.58. The average molecular weight is 204 g/mol. The molecule has 0 bridgehead atoms. The molecule has 0 atom stereocenters. The molecule has 2 radical (unpaired) electrons. The minimum Gasteiger partial charge on any atom is -0.399 e. The van der Waals surface area contributed by atoms with Crippen molar-refractivity contribution >= 4 is 29.2 Å². The largest absolute Gasteiger partial charge is 0.399 e. The first-order chi connectivity index (χ1) is 5.00. The number of rotatable bonds is 1. The zero-order chi connectivity index (χ0) is 8.48. The van der Waals surface area contributed by atoms with Crippen molar-refractivity contribution in [3.63, 3.8) is 0 Å². The molecule has 66 valence electrons. The van der Waals surface area contributed by atoms with Crippen LogP contribution in [-0.2, 0) is 10.0 Å². The molecular formula is C6H8N2O2S2. The van der Waals surface area contributed by atoms with Crippen molar-refractivity contribution in [2.45, 2.75) is 4.90 Å². The Morgan fingerprint density at radius 2 is 1.50 bits per heavy atom. The summed E-state index contributed by atoms with van der Waals surface area (Å²) < 4.78 is 21.4. The normalized spacial score (nSPS) is 10.4. The van der Waals surface area contributed by atoms with Crippen molar-refractivity contribution < 1.29 is 8.42 Å². The van der Waals surface area contributed by atoms with E-state index in [1.807, 2.05) is 0 Å². The fourth-order valence-electron chi connectivity index (χ4n) is 0.658. The van der Waals surface area contributed by atoms with Crippen LogP contribution in [0.5, 0.6) is 0 Å². The van der Waals surface area contributed by atoms with Crippen LogP contribution in [0, 0.1) is 0 Å². The van der Waals surface area contributed by atoms with E-state index in [1.165, 1.54) is 24.3 Å². The van der Waals surface area contributed by atoms with Crippen LogP contribution in [0.15, 0.2) is 29.2 Å². The van der Waals surface area contributed by atoms with Gasteiger partial charge in [0.05, 0.1) is 4.90 Å². The molecule has 1 aromatic rings. The summed E-state index contributed by atoms with van der Waals surface area (Å²) in [4.78, 5) is 0.0756. The van der Waals surface area contributed by atoms with Gasteiger partial charge in [-0.25, -0.2) is 13.6 Å². The van der Waals surface area contributed by atoms with Gasteiger partial charge in [0.2, 0.25) is 10.0 Å². The highest BCUT2D eigenvalue weighted by molar-refractivity contribution is 7.89. The van der Waals surface area contributed by atoms with Gasteiger partial charge in [0.15, 0.2) is 0 Å². The van der Waals surface area contributed by atoms with Crippen LogP contribution in [0.2, 0.25) is 0 Å². The predicted molar refractivity (Wildman–Crippen MR) is 49.8 cm³/mol. The molecule has 0 aliphatic carbocycles. The molecule has 12 heavy (non-hydrogen) atoms. The van der Waals surface area contributed by atoms with Crippen molar-refractivity contribution in [3.05, 3.63) is 24.3 Å². The van der Waals surface area contributed by atoms with Gasteiger partial charge in [-0.05, 0) is 24.3 Å². The number of anilines is 1. The second-order valence-electron chi connectivity index (χ2n) is 2.11. The lowest BCUT2D eigenvalue weighted by Gasteiger charge is -1.96. The van der Waals surface area contributed by atoms with E-state index in [1.54, 1.807) is 0 Å². The van der Waals surface area contributed by atoms with Crippen LogP contribution in [0.4, 0.5) is 5.69 Å². The maximum absolute atomic E-state index is 10.7. The Kier molecular flexibility index (Phi) is 3.56. The van der Waals surface area contributed by atoms with E-state index in [4.69, 9.17) is 10.9 Å². The SMILES string of the molecule is Nc1ccc(S(N)(=O)=O)cc1.[S]. The van der Waals surface area contributed by atoms with E-state index in [0.29, 0.717) is 5.69 Å². The predicted octanol–water partition coefficient (Wildman–Crippen LogP) is 0.564. The Balaban J connectivity index is 0.00000121. The zero-order valence-electron chi connectivity index (χ0n) is 6.10. The summed E-state index contributed by atoms with van der Waals surface area (Å²) in [5.41, 5.74) is 5.85. The molecule has 6 heteroatoms. The van der Waals surface area contributed by atoms with Crippen molar-refractivity contribution in [3.8, 4) is 0 Å². The van der Waals surface area contributed by atoms with E-state index in [9.17, 15) is 8.42 Å². The van der Waals surface area contributed by atoms with E-state index < -0.39 is 10.0 Å². The molecular weight excluding hydrogens is 196 g/mol. The second kappa shape index (κ2) is 3.79. The molecule has 0 saturated carbocycles. The summed E-state index contributed by atoms with van der Waals surface area (Å²) >= 11 is 0. The topological polar surface area (TPSA) is 86.2 Å². The van der Waals surface area contributed by atoms with Gasteiger partial charge >= 0.3 is 0 Å². The van der Waals surface area contributed by atoms with Crippen LogP contribution < -0.4 is 10.9 Å². The van der Waals surface area contributed by atoms with Crippen LogP contribution >= 0.6 is 13.5 Å². The molecule has 1 rings (SSSR count). The number of hydrogen-bond donors (Lipinski definition) is 2. The Morgan fingerprint density at radius 3 is 1.83 bits per heavy atom. The molecule has 0 aliphatic heterocycles. The quantitative estimate of drug-likeness (QED) is 0.655. The number of sulfonamides is 1. The molecule has 0 aromatic heterocycles. The maximum atomic E-state index is 10.7. The summed E-state index contributed by atoms with van der Waals surface area (Å²) in [6.45, 7) is 0. The molecule has 0 amide bonds. The van der Waals surface area contributed by atoms with E-state index >= 15 is 0 Å². The number of nitrogens with two attached hydrogens (primary N) is 2. The zero-order valence-corrected chi connectivity index (χ0v) is 7.73. The molecule has 0 saturated heterocycles. The van der Waals surface area contributed by atoms with Gasteiger partial charge < -0.3 is 5.73 Å². The van der Waals surface area contributed by atoms with Gasteiger partial charge in [0, 0.05) is 19.2 Å². The van der Waals surface area contributed by atoms with Gasteiger partial charge in [-0.15, -0.1) is 0 Å².